The lowest BCUT2D eigenvalue weighted by Gasteiger charge is -2.05. The molecule has 0 unspecified atom stereocenters. The lowest BCUT2D eigenvalue weighted by molar-refractivity contribution is 0.0468. The van der Waals surface area contributed by atoms with Gasteiger partial charge in [-0.15, -0.1) is 0 Å². The van der Waals surface area contributed by atoms with Crippen molar-refractivity contribution in [2.45, 2.75) is 20.1 Å². The second-order valence-electron chi connectivity index (χ2n) is 5.41. The van der Waals surface area contributed by atoms with Gasteiger partial charge in [0, 0.05) is 19.5 Å². The van der Waals surface area contributed by atoms with Gasteiger partial charge in [0.2, 0.25) is 0 Å². The van der Waals surface area contributed by atoms with Gasteiger partial charge in [-0.3, -0.25) is 0 Å². The predicted molar refractivity (Wildman–Crippen MR) is 86.2 cm³/mol. The van der Waals surface area contributed by atoms with Crippen LogP contribution in [0.1, 0.15) is 27.2 Å². The standard InChI is InChI=1S/C18H18N2O3/c1-13-6-7-17-19-16(10-20(17)9-13)12-23-18(21)15-5-3-4-14(8-15)11-22-2/h3-10H,11-12H2,1-2H3. The van der Waals surface area contributed by atoms with E-state index in [4.69, 9.17) is 9.47 Å². The van der Waals surface area contributed by atoms with Gasteiger partial charge < -0.3 is 13.9 Å². The highest BCUT2D eigenvalue weighted by atomic mass is 16.5. The van der Waals surface area contributed by atoms with Gasteiger partial charge in [0.05, 0.1) is 17.9 Å². The average Bonchev–Trinajstić information content (AvgIpc) is 2.95. The number of carbonyl (C=O) groups excluding carboxylic acids is 1. The molecule has 0 bridgehead atoms. The fourth-order valence-electron chi connectivity index (χ4n) is 2.40. The molecule has 0 aliphatic rings. The number of nitrogens with zero attached hydrogens (tertiary/aromatic N) is 2. The maximum Gasteiger partial charge on any atom is 0.338 e. The van der Waals surface area contributed by atoms with Crippen LogP contribution in [0.3, 0.4) is 0 Å². The van der Waals surface area contributed by atoms with Crippen molar-refractivity contribution in [1.29, 1.82) is 0 Å². The average molecular weight is 310 g/mol. The number of carbonyl (C=O) groups is 1. The van der Waals surface area contributed by atoms with Crippen LogP contribution in [-0.4, -0.2) is 22.5 Å². The summed E-state index contributed by atoms with van der Waals surface area (Å²) >= 11 is 0. The Morgan fingerprint density at radius 1 is 1.17 bits per heavy atom. The van der Waals surface area contributed by atoms with Gasteiger partial charge in [-0.25, -0.2) is 9.78 Å². The zero-order valence-electron chi connectivity index (χ0n) is 13.2. The Morgan fingerprint density at radius 2 is 2.04 bits per heavy atom. The van der Waals surface area contributed by atoms with Crippen molar-refractivity contribution >= 4 is 11.6 Å². The molecule has 0 spiro atoms. The molecule has 2 heterocycles. The van der Waals surface area contributed by atoms with Crippen molar-refractivity contribution in [2.24, 2.45) is 0 Å². The first kappa shape index (κ1) is 15.2. The first-order valence-corrected chi connectivity index (χ1v) is 7.35. The second-order valence-corrected chi connectivity index (χ2v) is 5.41. The van der Waals surface area contributed by atoms with Crippen LogP contribution in [0.25, 0.3) is 5.65 Å². The molecule has 1 aromatic carbocycles. The molecular formula is C18H18N2O3. The maximum atomic E-state index is 12.1. The molecule has 5 nitrogen and oxygen atoms in total. The second kappa shape index (κ2) is 6.62. The molecule has 3 aromatic rings. The van der Waals surface area contributed by atoms with E-state index in [9.17, 15) is 4.79 Å². The molecular weight excluding hydrogens is 292 g/mol. The Labute approximate surface area is 134 Å². The normalized spacial score (nSPS) is 10.9. The van der Waals surface area contributed by atoms with Crippen LogP contribution >= 0.6 is 0 Å². The highest BCUT2D eigenvalue weighted by Gasteiger charge is 2.10. The van der Waals surface area contributed by atoms with Crippen molar-refractivity contribution in [1.82, 2.24) is 9.38 Å². The monoisotopic (exact) mass is 310 g/mol. The fraction of sp³-hybridized carbons (Fsp3) is 0.222. The summed E-state index contributed by atoms with van der Waals surface area (Å²) in [5, 5.41) is 0. The first-order valence-electron chi connectivity index (χ1n) is 7.35. The molecule has 0 amide bonds. The number of imidazole rings is 1. The minimum absolute atomic E-state index is 0.147. The SMILES string of the molecule is COCc1cccc(C(=O)OCc2cn3cc(C)ccc3n2)c1. The first-order chi connectivity index (χ1) is 11.2. The van der Waals surface area contributed by atoms with Crippen molar-refractivity contribution in [3.63, 3.8) is 0 Å². The number of pyridine rings is 1. The fourth-order valence-corrected chi connectivity index (χ4v) is 2.40. The summed E-state index contributed by atoms with van der Waals surface area (Å²) in [5.41, 5.74) is 4.15. The minimum atomic E-state index is -0.365. The number of aromatic nitrogens is 2. The third-order valence-corrected chi connectivity index (χ3v) is 3.47. The van der Waals surface area contributed by atoms with E-state index < -0.39 is 0 Å². The number of rotatable bonds is 5. The van der Waals surface area contributed by atoms with Crippen LogP contribution in [-0.2, 0) is 22.7 Å². The van der Waals surface area contributed by atoms with E-state index in [2.05, 4.69) is 4.98 Å². The Balaban J connectivity index is 1.69. The van der Waals surface area contributed by atoms with Crippen molar-refractivity contribution < 1.29 is 14.3 Å². The highest BCUT2D eigenvalue weighted by Crippen LogP contribution is 2.11. The van der Waals surface area contributed by atoms with Crippen LogP contribution in [0.15, 0.2) is 48.8 Å². The number of esters is 1. The lowest BCUT2D eigenvalue weighted by Crippen LogP contribution is -2.06. The molecule has 0 atom stereocenters. The van der Waals surface area contributed by atoms with Crippen LogP contribution in [0.2, 0.25) is 0 Å². The van der Waals surface area contributed by atoms with Gasteiger partial charge in [-0.05, 0) is 36.2 Å². The van der Waals surface area contributed by atoms with Gasteiger partial charge in [0.1, 0.15) is 12.3 Å². The maximum absolute atomic E-state index is 12.1. The van der Waals surface area contributed by atoms with Crippen LogP contribution in [0.4, 0.5) is 0 Å². The van der Waals surface area contributed by atoms with Crippen molar-refractivity contribution in [3.05, 3.63) is 71.2 Å². The summed E-state index contributed by atoms with van der Waals surface area (Å²) in [6.07, 6.45) is 3.86. The van der Waals surface area contributed by atoms with Crippen LogP contribution in [0.5, 0.6) is 0 Å². The zero-order chi connectivity index (χ0) is 16.2. The molecule has 0 aliphatic carbocycles. The molecule has 0 aliphatic heterocycles. The highest BCUT2D eigenvalue weighted by molar-refractivity contribution is 5.89. The summed E-state index contributed by atoms with van der Waals surface area (Å²) < 4.78 is 12.4. The van der Waals surface area contributed by atoms with Crippen molar-refractivity contribution in [3.8, 4) is 0 Å². The minimum Gasteiger partial charge on any atom is -0.456 e. The number of fused-ring (bicyclic) bond motifs is 1. The van der Waals surface area contributed by atoms with E-state index in [1.807, 2.05) is 48.0 Å². The third-order valence-electron chi connectivity index (χ3n) is 3.47. The van der Waals surface area contributed by atoms with Gasteiger partial charge >= 0.3 is 5.97 Å². The lowest BCUT2D eigenvalue weighted by atomic mass is 10.1. The molecule has 0 N–H and O–H groups in total. The summed E-state index contributed by atoms with van der Waals surface area (Å²) in [6.45, 7) is 2.63. The van der Waals surface area contributed by atoms with Gasteiger partial charge in [0.25, 0.3) is 0 Å². The van der Waals surface area contributed by atoms with Gasteiger partial charge in [0.15, 0.2) is 0 Å². The molecule has 118 valence electrons. The largest absolute Gasteiger partial charge is 0.456 e. The van der Waals surface area contributed by atoms with Crippen LogP contribution in [0, 0.1) is 6.92 Å². The Hall–Kier alpha value is -2.66. The molecule has 0 saturated heterocycles. The van der Waals surface area contributed by atoms with E-state index in [-0.39, 0.29) is 12.6 Å². The number of hydrogen-bond donors (Lipinski definition) is 0. The Kier molecular flexibility index (Phi) is 4.39. The molecule has 3 rings (SSSR count). The topological polar surface area (TPSA) is 52.8 Å². The third kappa shape index (κ3) is 3.57. The van der Waals surface area contributed by atoms with E-state index >= 15 is 0 Å². The van der Waals surface area contributed by atoms with E-state index in [0.717, 1.165) is 22.5 Å². The van der Waals surface area contributed by atoms with Crippen molar-refractivity contribution in [2.75, 3.05) is 7.11 Å². The molecule has 2 aromatic heterocycles. The zero-order valence-corrected chi connectivity index (χ0v) is 13.2. The summed E-state index contributed by atoms with van der Waals surface area (Å²) in [6, 6.07) is 11.2. The Bertz CT molecular complexity index is 839. The summed E-state index contributed by atoms with van der Waals surface area (Å²) in [4.78, 5) is 16.6. The molecule has 0 fully saturated rings. The van der Waals surface area contributed by atoms with Gasteiger partial charge in [-0.2, -0.15) is 0 Å². The predicted octanol–water partition coefficient (Wildman–Crippen LogP) is 3.15. The number of aryl methyl sites for hydroxylation is 1. The summed E-state index contributed by atoms with van der Waals surface area (Å²) in [5.74, 6) is -0.365. The Morgan fingerprint density at radius 3 is 2.87 bits per heavy atom. The number of hydrogen-bond acceptors (Lipinski definition) is 4. The summed E-state index contributed by atoms with van der Waals surface area (Å²) in [7, 11) is 1.62. The number of methoxy groups -OCH3 is 1. The van der Waals surface area contributed by atoms with Crippen LogP contribution < -0.4 is 0 Å². The van der Waals surface area contributed by atoms with Gasteiger partial charge in [-0.1, -0.05) is 18.2 Å². The van der Waals surface area contributed by atoms with E-state index in [1.54, 1.807) is 19.2 Å². The molecule has 23 heavy (non-hydrogen) atoms. The smallest absolute Gasteiger partial charge is 0.338 e. The number of benzene rings is 1. The quantitative estimate of drug-likeness (QED) is 0.679. The molecule has 0 saturated carbocycles. The molecule has 0 radical (unpaired) electrons. The molecule has 5 heteroatoms. The van der Waals surface area contributed by atoms with E-state index in [1.165, 1.54) is 0 Å². The van der Waals surface area contributed by atoms with E-state index in [0.29, 0.717) is 12.2 Å². The number of ether oxygens (including phenoxy) is 2.